The van der Waals surface area contributed by atoms with Crippen LogP contribution in [0.15, 0.2) is 48.5 Å². The molecule has 2 aromatic rings. The number of hydrogen-bond donors (Lipinski definition) is 1. The Bertz CT molecular complexity index is 1030. The van der Waals surface area contributed by atoms with Crippen LogP contribution in [0.2, 0.25) is 0 Å². The van der Waals surface area contributed by atoms with Crippen LogP contribution in [0.5, 0.6) is 0 Å². The summed E-state index contributed by atoms with van der Waals surface area (Å²) < 4.78 is 0. The Kier molecular flexibility index (Phi) is 7.37. The third kappa shape index (κ3) is 5.53. The van der Waals surface area contributed by atoms with Crippen LogP contribution < -0.4 is 15.1 Å². The molecule has 1 N–H and O–H groups in total. The molecular formula is C29H38N4O2. The highest BCUT2D eigenvalue weighted by Gasteiger charge is 2.33. The standard InChI is InChI=1S/C29H38N4O2/c1-31-27-20-24(10-11-26(27)33-15-6-5-9-25(33)21-28(31)34)29(35)30-14-18-32-16-12-23(13-17-32)19-22-7-3-2-4-8-22/h2-4,7-8,10-11,20,23,25H,5-6,9,12-19,21H2,1H3,(H,30,35)/t25-/m1/s1. The first-order valence-electron chi connectivity index (χ1n) is 13.3. The van der Waals surface area contributed by atoms with Crippen molar-refractivity contribution in [1.82, 2.24) is 10.2 Å². The van der Waals surface area contributed by atoms with Gasteiger partial charge in [0.05, 0.1) is 11.4 Å². The van der Waals surface area contributed by atoms with Gasteiger partial charge in [-0.05, 0) is 81.3 Å². The number of likely N-dealkylation sites (tertiary alicyclic amines) is 1. The van der Waals surface area contributed by atoms with Gasteiger partial charge in [0.1, 0.15) is 0 Å². The van der Waals surface area contributed by atoms with Gasteiger partial charge in [-0.15, -0.1) is 0 Å². The molecule has 6 heteroatoms. The lowest BCUT2D eigenvalue weighted by Crippen LogP contribution is -2.40. The highest BCUT2D eigenvalue weighted by molar-refractivity contribution is 6.02. The lowest BCUT2D eigenvalue weighted by molar-refractivity contribution is -0.118. The van der Waals surface area contributed by atoms with Crippen LogP contribution in [0.25, 0.3) is 0 Å². The minimum atomic E-state index is -0.0629. The molecule has 1 atom stereocenters. The fourth-order valence-electron chi connectivity index (χ4n) is 5.97. The number of benzene rings is 2. The second-order valence-electron chi connectivity index (χ2n) is 10.4. The normalized spacial score (nSPS) is 21.3. The van der Waals surface area contributed by atoms with Crippen LogP contribution in [-0.2, 0) is 11.2 Å². The van der Waals surface area contributed by atoms with E-state index in [-0.39, 0.29) is 17.9 Å². The predicted octanol–water partition coefficient (Wildman–Crippen LogP) is 4.10. The first-order chi connectivity index (χ1) is 17.1. The van der Waals surface area contributed by atoms with Gasteiger partial charge in [-0.25, -0.2) is 0 Å². The van der Waals surface area contributed by atoms with Gasteiger partial charge < -0.3 is 20.0 Å². The van der Waals surface area contributed by atoms with E-state index in [0.717, 1.165) is 56.3 Å². The second kappa shape index (κ2) is 10.8. The van der Waals surface area contributed by atoms with Crippen LogP contribution in [-0.4, -0.2) is 62.5 Å². The first kappa shape index (κ1) is 23.9. The summed E-state index contributed by atoms with van der Waals surface area (Å²) in [7, 11) is 1.84. The van der Waals surface area contributed by atoms with Crippen LogP contribution in [0, 0.1) is 5.92 Å². The fraction of sp³-hybridized carbons (Fsp3) is 0.517. The molecule has 186 valence electrons. The van der Waals surface area contributed by atoms with Crippen LogP contribution >= 0.6 is 0 Å². The quantitative estimate of drug-likeness (QED) is 0.685. The van der Waals surface area contributed by atoms with E-state index in [1.807, 2.05) is 25.2 Å². The average Bonchev–Trinajstić information content (AvgIpc) is 2.99. The molecule has 0 bridgehead atoms. The smallest absolute Gasteiger partial charge is 0.251 e. The van der Waals surface area contributed by atoms with Gasteiger partial charge in [-0.2, -0.15) is 0 Å². The summed E-state index contributed by atoms with van der Waals surface area (Å²) in [6.45, 7) is 4.68. The van der Waals surface area contributed by atoms with Gasteiger partial charge >= 0.3 is 0 Å². The molecule has 0 saturated carbocycles. The number of amides is 2. The van der Waals surface area contributed by atoms with E-state index < -0.39 is 0 Å². The molecule has 2 saturated heterocycles. The van der Waals surface area contributed by atoms with Crippen molar-refractivity contribution in [3.63, 3.8) is 0 Å². The number of hydrogen-bond acceptors (Lipinski definition) is 4. The van der Waals surface area contributed by atoms with Crippen molar-refractivity contribution >= 4 is 23.2 Å². The summed E-state index contributed by atoms with van der Waals surface area (Å²) in [6, 6.07) is 16.9. The average molecular weight is 475 g/mol. The zero-order valence-corrected chi connectivity index (χ0v) is 20.9. The van der Waals surface area contributed by atoms with E-state index in [1.165, 1.54) is 31.2 Å². The number of carbonyl (C=O) groups excluding carboxylic acids is 2. The van der Waals surface area contributed by atoms with Crippen molar-refractivity contribution in [2.75, 3.05) is 49.6 Å². The van der Waals surface area contributed by atoms with E-state index in [2.05, 4.69) is 45.4 Å². The van der Waals surface area contributed by atoms with Crippen molar-refractivity contribution in [2.45, 2.75) is 51.0 Å². The molecule has 35 heavy (non-hydrogen) atoms. The lowest BCUT2D eigenvalue weighted by atomic mass is 9.90. The van der Waals surface area contributed by atoms with Crippen molar-refractivity contribution in [3.8, 4) is 0 Å². The van der Waals surface area contributed by atoms with Gasteiger partial charge in [0.25, 0.3) is 5.91 Å². The lowest BCUT2D eigenvalue weighted by Gasteiger charge is -2.36. The van der Waals surface area contributed by atoms with Gasteiger partial charge in [0.15, 0.2) is 0 Å². The largest absolute Gasteiger partial charge is 0.366 e. The molecule has 3 aliphatic heterocycles. The summed E-state index contributed by atoms with van der Waals surface area (Å²) in [5, 5.41) is 3.10. The molecule has 6 nitrogen and oxygen atoms in total. The summed E-state index contributed by atoms with van der Waals surface area (Å²) in [5.41, 5.74) is 3.99. The summed E-state index contributed by atoms with van der Waals surface area (Å²) in [6.07, 6.45) is 7.54. The van der Waals surface area contributed by atoms with Crippen molar-refractivity contribution in [3.05, 3.63) is 59.7 Å². The highest BCUT2D eigenvalue weighted by Crippen LogP contribution is 2.38. The number of fused-ring (bicyclic) bond motifs is 3. The number of nitrogens with one attached hydrogen (secondary N) is 1. The Hall–Kier alpha value is -2.86. The molecule has 2 fully saturated rings. The number of carbonyl (C=O) groups is 2. The first-order valence-corrected chi connectivity index (χ1v) is 13.3. The van der Waals surface area contributed by atoms with Crippen LogP contribution in [0.1, 0.15) is 54.4 Å². The molecule has 2 amide bonds. The Labute approximate surface area is 209 Å². The summed E-state index contributed by atoms with van der Waals surface area (Å²) in [5.74, 6) is 0.822. The number of rotatable bonds is 6. The summed E-state index contributed by atoms with van der Waals surface area (Å²) in [4.78, 5) is 32.3. The van der Waals surface area contributed by atoms with Crippen molar-refractivity contribution < 1.29 is 9.59 Å². The van der Waals surface area contributed by atoms with E-state index in [9.17, 15) is 9.59 Å². The molecular weight excluding hydrogens is 436 g/mol. The molecule has 0 aliphatic carbocycles. The Morgan fingerprint density at radius 2 is 1.77 bits per heavy atom. The molecule has 0 unspecified atom stereocenters. The fourth-order valence-corrected chi connectivity index (χ4v) is 5.97. The number of piperidine rings is 2. The zero-order valence-electron chi connectivity index (χ0n) is 20.9. The zero-order chi connectivity index (χ0) is 24.2. The molecule has 0 spiro atoms. The maximum atomic E-state index is 12.9. The van der Waals surface area contributed by atoms with Gasteiger partial charge in [-0.1, -0.05) is 30.3 Å². The van der Waals surface area contributed by atoms with E-state index >= 15 is 0 Å². The molecule has 2 aromatic carbocycles. The molecule has 0 radical (unpaired) electrons. The minimum absolute atomic E-state index is 0.0629. The van der Waals surface area contributed by atoms with Crippen molar-refractivity contribution in [1.29, 1.82) is 0 Å². The van der Waals surface area contributed by atoms with E-state index in [1.54, 1.807) is 4.90 Å². The molecule has 3 aliphatic rings. The Morgan fingerprint density at radius 1 is 0.971 bits per heavy atom. The monoisotopic (exact) mass is 474 g/mol. The van der Waals surface area contributed by atoms with E-state index in [4.69, 9.17) is 0 Å². The Morgan fingerprint density at radius 3 is 2.57 bits per heavy atom. The third-order valence-corrected chi connectivity index (χ3v) is 8.11. The number of nitrogens with zero attached hydrogens (tertiary/aromatic N) is 3. The van der Waals surface area contributed by atoms with E-state index in [0.29, 0.717) is 18.5 Å². The van der Waals surface area contributed by atoms with Crippen LogP contribution in [0.3, 0.4) is 0 Å². The van der Waals surface area contributed by atoms with Gasteiger partial charge in [0, 0.05) is 44.7 Å². The van der Waals surface area contributed by atoms with Gasteiger partial charge in [0.2, 0.25) is 5.91 Å². The molecule has 0 aromatic heterocycles. The Balaban J connectivity index is 1.13. The summed E-state index contributed by atoms with van der Waals surface area (Å²) >= 11 is 0. The van der Waals surface area contributed by atoms with Crippen molar-refractivity contribution in [2.24, 2.45) is 5.92 Å². The van der Waals surface area contributed by atoms with Gasteiger partial charge in [-0.3, -0.25) is 9.59 Å². The molecule has 3 heterocycles. The highest BCUT2D eigenvalue weighted by atomic mass is 16.2. The maximum absolute atomic E-state index is 12.9. The minimum Gasteiger partial charge on any atom is -0.366 e. The van der Waals surface area contributed by atoms with Crippen LogP contribution in [0.4, 0.5) is 11.4 Å². The molecule has 5 rings (SSSR count). The predicted molar refractivity (Wildman–Crippen MR) is 141 cm³/mol. The third-order valence-electron chi connectivity index (χ3n) is 8.11. The topological polar surface area (TPSA) is 55.9 Å². The number of anilines is 2. The SMILES string of the molecule is CN1C(=O)C[C@H]2CCCCN2c2ccc(C(=O)NCCN3CCC(Cc4ccccc4)CC3)cc21. The second-order valence-corrected chi connectivity index (χ2v) is 10.4. The maximum Gasteiger partial charge on any atom is 0.251 e.